The van der Waals surface area contributed by atoms with Crippen LogP contribution in [0.4, 0.5) is 0 Å². The van der Waals surface area contributed by atoms with Crippen LogP contribution < -0.4 is 5.19 Å². The van der Waals surface area contributed by atoms with Gasteiger partial charge in [0.15, 0.2) is 5.57 Å². The molecule has 0 bridgehead atoms. The van der Waals surface area contributed by atoms with Gasteiger partial charge in [0.2, 0.25) is 0 Å². The zero-order valence-electron chi connectivity index (χ0n) is 13.3. The molecule has 1 rings (SSSR count). The quantitative estimate of drug-likeness (QED) is 0.173. The second kappa shape index (κ2) is 10.8. The third kappa shape index (κ3) is 6.75. The van der Waals surface area contributed by atoms with E-state index in [9.17, 15) is 0 Å². The molecule has 0 radical (unpaired) electrons. The highest BCUT2D eigenvalue weighted by Gasteiger charge is 2.30. The molecule has 0 saturated heterocycles. The Bertz CT molecular complexity index is 325. The molecule has 0 nitrogen and oxygen atoms in total. The van der Waals surface area contributed by atoms with Gasteiger partial charge in [-0.15, -0.1) is 21.8 Å². The molecule has 0 heterocycles. The van der Waals surface area contributed by atoms with Gasteiger partial charge in [-0.25, -0.2) is 0 Å². The highest BCUT2D eigenvalue weighted by Crippen LogP contribution is 2.29. The van der Waals surface area contributed by atoms with Crippen molar-refractivity contribution in [2.45, 2.75) is 77.3 Å². The van der Waals surface area contributed by atoms with Gasteiger partial charge in [-0.3, -0.25) is 0 Å². The van der Waals surface area contributed by atoms with Crippen LogP contribution in [0.2, 0.25) is 12.1 Å². The van der Waals surface area contributed by atoms with Crippen molar-refractivity contribution in [3.63, 3.8) is 0 Å². The predicted octanol–water partition coefficient (Wildman–Crippen LogP) is 6.43. The second-order valence-corrected chi connectivity index (χ2v) is 15.7. The number of rotatable bonds is 11. The van der Waals surface area contributed by atoms with Crippen molar-refractivity contribution < 1.29 is 0 Å². The van der Waals surface area contributed by atoms with Crippen molar-refractivity contribution in [2.24, 2.45) is 0 Å². The van der Waals surface area contributed by atoms with E-state index in [0.717, 1.165) is 0 Å². The third-order valence-electron chi connectivity index (χ3n) is 4.14. The highest BCUT2D eigenvalue weighted by atomic mass is 127. The summed E-state index contributed by atoms with van der Waals surface area (Å²) in [6.45, 7) is 4.60. The normalized spacial score (nSPS) is 11.8. The largest absolute Gasteiger partial charge is 0.155 e. The van der Waals surface area contributed by atoms with Crippen molar-refractivity contribution in [3.05, 3.63) is 30.3 Å². The van der Waals surface area contributed by atoms with Gasteiger partial charge in [-0.2, -0.15) is 0 Å². The molecule has 0 aromatic heterocycles. The monoisotopic (exact) mass is 402 g/mol. The van der Waals surface area contributed by atoms with Crippen LogP contribution in [-0.2, 0) is 0 Å². The highest BCUT2D eigenvalue weighted by molar-refractivity contribution is 14.1. The first kappa shape index (κ1) is 18.2. The Morgan fingerprint density at radius 1 is 0.750 bits per heavy atom. The van der Waals surface area contributed by atoms with E-state index >= 15 is 0 Å². The van der Waals surface area contributed by atoms with Gasteiger partial charge in [-0.05, 0) is 17.3 Å². The van der Waals surface area contributed by atoms with E-state index < -0.39 is 5.57 Å². The van der Waals surface area contributed by atoms with Crippen LogP contribution >= 0.6 is 21.8 Å². The van der Waals surface area contributed by atoms with Crippen molar-refractivity contribution in [3.8, 4) is 0 Å². The number of halogens is 1. The molecule has 0 N–H and O–H groups in total. The van der Waals surface area contributed by atoms with Gasteiger partial charge in [0.05, 0.1) is 0 Å². The van der Waals surface area contributed by atoms with Crippen molar-refractivity contribution in [2.75, 3.05) is 0 Å². The average Bonchev–Trinajstić information content (AvgIpc) is 2.49. The molecule has 1 aromatic carbocycles. The number of hydrogen-bond acceptors (Lipinski definition) is 0. The molecule has 2 heteroatoms. The molecule has 0 saturated carbocycles. The molecule has 1 aromatic rings. The lowest BCUT2D eigenvalue weighted by Gasteiger charge is -2.26. The number of unbranched alkanes of at least 4 members (excludes halogenated alkanes) is 6. The lowest BCUT2D eigenvalue weighted by atomic mass is 10.2. The minimum atomic E-state index is -1.26. The van der Waals surface area contributed by atoms with Gasteiger partial charge in [0.1, 0.15) is 0 Å². The maximum atomic E-state index is 2.88. The number of benzene rings is 1. The summed E-state index contributed by atoms with van der Waals surface area (Å²) in [5.74, 6) is 0. The van der Waals surface area contributed by atoms with Crippen molar-refractivity contribution >= 4 is 32.6 Å². The van der Waals surface area contributed by atoms with Crippen molar-refractivity contribution in [1.29, 1.82) is 0 Å². The lowest BCUT2D eigenvalue weighted by molar-refractivity contribution is 0.686. The molecule has 0 unspecified atom stereocenters. The van der Waals surface area contributed by atoms with Gasteiger partial charge < -0.3 is 0 Å². The molecular formula is C18H31ISi. The van der Waals surface area contributed by atoms with Gasteiger partial charge >= 0.3 is 0 Å². The fourth-order valence-electron chi connectivity index (χ4n) is 2.81. The maximum Gasteiger partial charge on any atom is 0.155 e. The summed E-state index contributed by atoms with van der Waals surface area (Å²) >= 11 is 2.88. The van der Waals surface area contributed by atoms with Gasteiger partial charge in [0.25, 0.3) is 0 Å². The molecule has 20 heavy (non-hydrogen) atoms. The molecule has 0 aliphatic carbocycles. The standard InChI is InChI=1S/C18H31ISi/c1-3-5-7-12-16-20(19,17-13-8-6-4-2)18-14-10-9-11-15-18/h9-11,14-15H,3-8,12-13,16-17H2,1-2H3. The third-order valence-corrected chi connectivity index (χ3v) is 12.9. The summed E-state index contributed by atoms with van der Waals surface area (Å²) in [5, 5.41) is 1.67. The molecule has 0 fully saturated rings. The Hall–Kier alpha value is 0.167. The topological polar surface area (TPSA) is 0 Å². The first-order valence-electron chi connectivity index (χ1n) is 8.47. The minimum absolute atomic E-state index is 1.26. The van der Waals surface area contributed by atoms with E-state index in [1.165, 1.54) is 63.5 Å². The molecule has 114 valence electrons. The SMILES string of the molecule is CCCCCC[Si](I)(CCCCCC)c1ccccc1. The summed E-state index contributed by atoms with van der Waals surface area (Å²) < 4.78 is 0. The van der Waals surface area contributed by atoms with E-state index in [2.05, 4.69) is 66.0 Å². The van der Waals surface area contributed by atoms with E-state index in [1.54, 1.807) is 5.19 Å². The van der Waals surface area contributed by atoms with Crippen LogP contribution in [0, 0.1) is 0 Å². The summed E-state index contributed by atoms with van der Waals surface area (Å²) in [7, 11) is 0. The van der Waals surface area contributed by atoms with Gasteiger partial charge in [-0.1, -0.05) is 95.5 Å². The number of hydrogen-bond donors (Lipinski definition) is 0. The molecule has 0 atom stereocenters. The molecule has 0 amide bonds. The van der Waals surface area contributed by atoms with Crippen LogP contribution in [0.15, 0.2) is 30.3 Å². The van der Waals surface area contributed by atoms with Crippen LogP contribution in [0.1, 0.15) is 65.2 Å². The minimum Gasteiger partial charge on any atom is -0.113 e. The van der Waals surface area contributed by atoms with E-state index in [1.807, 2.05) is 0 Å². The Kier molecular flexibility index (Phi) is 9.87. The Morgan fingerprint density at radius 2 is 1.25 bits per heavy atom. The molecule has 0 aliphatic heterocycles. The van der Waals surface area contributed by atoms with Gasteiger partial charge in [0, 0.05) is 0 Å². The van der Waals surface area contributed by atoms with E-state index in [-0.39, 0.29) is 0 Å². The average molecular weight is 402 g/mol. The zero-order chi connectivity index (χ0) is 14.7. The van der Waals surface area contributed by atoms with Crippen LogP contribution in [0.3, 0.4) is 0 Å². The smallest absolute Gasteiger partial charge is 0.113 e. The van der Waals surface area contributed by atoms with Crippen molar-refractivity contribution in [1.82, 2.24) is 0 Å². The lowest BCUT2D eigenvalue weighted by Crippen LogP contribution is -2.41. The summed E-state index contributed by atoms with van der Waals surface area (Å²) in [6, 6.07) is 14.3. The summed E-state index contributed by atoms with van der Waals surface area (Å²) in [6.07, 6.45) is 11.2. The van der Waals surface area contributed by atoms with Crippen LogP contribution in [-0.4, -0.2) is 5.57 Å². The predicted molar refractivity (Wildman–Crippen MR) is 104 cm³/mol. The Morgan fingerprint density at radius 3 is 1.70 bits per heavy atom. The zero-order valence-corrected chi connectivity index (χ0v) is 16.5. The van der Waals surface area contributed by atoms with E-state index in [4.69, 9.17) is 0 Å². The molecule has 0 aliphatic rings. The second-order valence-electron chi connectivity index (χ2n) is 5.95. The summed E-state index contributed by atoms with van der Waals surface area (Å²) in [4.78, 5) is 0. The van der Waals surface area contributed by atoms with E-state index in [0.29, 0.717) is 0 Å². The fourth-order valence-corrected chi connectivity index (χ4v) is 9.42. The van der Waals surface area contributed by atoms with Crippen LogP contribution in [0.25, 0.3) is 0 Å². The summed E-state index contributed by atoms with van der Waals surface area (Å²) in [5.41, 5.74) is -1.26. The molecule has 0 spiro atoms. The van der Waals surface area contributed by atoms with Crippen LogP contribution in [0.5, 0.6) is 0 Å². The first-order valence-corrected chi connectivity index (χ1v) is 14.0. The molecular weight excluding hydrogens is 371 g/mol. The maximum absolute atomic E-state index is 2.88. The fraction of sp³-hybridized carbons (Fsp3) is 0.667. The Balaban J connectivity index is 2.57. The Labute approximate surface area is 140 Å². The first-order chi connectivity index (χ1) is 9.73.